The van der Waals surface area contributed by atoms with Crippen LogP contribution < -0.4 is 10.6 Å². The van der Waals surface area contributed by atoms with Crippen molar-refractivity contribution in [1.29, 1.82) is 0 Å². The fourth-order valence-corrected chi connectivity index (χ4v) is 2.09. The van der Waals surface area contributed by atoms with Gasteiger partial charge in [0.1, 0.15) is 5.15 Å². The van der Waals surface area contributed by atoms with Gasteiger partial charge >= 0.3 is 12.0 Å². The van der Waals surface area contributed by atoms with Crippen LogP contribution in [0.3, 0.4) is 0 Å². The third kappa shape index (κ3) is 5.69. The number of ether oxygens (including phenoxy) is 1. The van der Waals surface area contributed by atoms with Crippen molar-refractivity contribution in [3.8, 4) is 0 Å². The van der Waals surface area contributed by atoms with E-state index in [0.717, 1.165) is 0 Å². The van der Waals surface area contributed by atoms with Crippen LogP contribution in [-0.2, 0) is 9.53 Å². The van der Waals surface area contributed by atoms with Gasteiger partial charge in [0.2, 0.25) is 0 Å². The van der Waals surface area contributed by atoms with Crippen LogP contribution in [0.25, 0.3) is 0 Å². The van der Waals surface area contributed by atoms with Gasteiger partial charge in [0.05, 0.1) is 15.1 Å². The van der Waals surface area contributed by atoms with E-state index in [1.54, 1.807) is 13.8 Å². The first-order chi connectivity index (χ1) is 10.6. The van der Waals surface area contributed by atoms with E-state index in [9.17, 15) is 14.4 Å². The third-order valence-corrected chi connectivity index (χ3v) is 3.86. The van der Waals surface area contributed by atoms with Gasteiger partial charge in [-0.05, 0) is 13.8 Å². The van der Waals surface area contributed by atoms with E-state index in [-0.39, 0.29) is 26.3 Å². The number of aromatic nitrogens is 1. The summed E-state index contributed by atoms with van der Waals surface area (Å²) < 4.78 is 4.69. The van der Waals surface area contributed by atoms with E-state index in [1.165, 1.54) is 0 Å². The Kier molecular flexibility index (Phi) is 7.34. The van der Waals surface area contributed by atoms with Crippen LogP contribution in [0.1, 0.15) is 24.3 Å². The van der Waals surface area contributed by atoms with Gasteiger partial charge in [-0.2, -0.15) is 0 Å². The minimum Gasteiger partial charge on any atom is -0.451 e. The minimum atomic E-state index is -1.05. The molecule has 7 nitrogen and oxygen atoms in total. The van der Waals surface area contributed by atoms with E-state index in [4.69, 9.17) is 46.4 Å². The van der Waals surface area contributed by atoms with Gasteiger partial charge in [-0.25, -0.2) is 14.6 Å². The summed E-state index contributed by atoms with van der Waals surface area (Å²) in [6.07, 6.45) is 0. The second kappa shape index (κ2) is 8.54. The fourth-order valence-electron chi connectivity index (χ4n) is 1.28. The van der Waals surface area contributed by atoms with Crippen molar-refractivity contribution in [3.05, 3.63) is 25.9 Å². The summed E-state index contributed by atoms with van der Waals surface area (Å²) in [5.74, 6) is -1.88. The minimum absolute atomic E-state index is 0.113. The first-order valence-electron chi connectivity index (χ1n) is 6.11. The van der Waals surface area contributed by atoms with Crippen LogP contribution in [0.5, 0.6) is 0 Å². The number of pyridine rings is 1. The summed E-state index contributed by atoms with van der Waals surface area (Å²) in [4.78, 5) is 38.2. The molecule has 126 valence electrons. The predicted molar refractivity (Wildman–Crippen MR) is 86.4 cm³/mol. The average molecular weight is 403 g/mol. The highest BCUT2D eigenvalue weighted by molar-refractivity contribution is 6.52. The summed E-state index contributed by atoms with van der Waals surface area (Å²) in [5.41, 5.74) is -0.398. The highest BCUT2D eigenvalue weighted by atomic mass is 35.5. The van der Waals surface area contributed by atoms with Crippen LogP contribution in [-0.4, -0.2) is 35.5 Å². The lowest BCUT2D eigenvalue weighted by molar-refractivity contribution is -0.123. The molecular weight excluding hydrogens is 392 g/mol. The third-order valence-electron chi connectivity index (χ3n) is 2.18. The Bertz CT molecular complexity index is 652. The van der Waals surface area contributed by atoms with Crippen LogP contribution in [0.2, 0.25) is 20.2 Å². The first kappa shape index (κ1) is 19.8. The molecule has 0 aliphatic carbocycles. The zero-order valence-corrected chi connectivity index (χ0v) is 14.9. The molecule has 0 spiro atoms. The number of rotatable bonds is 4. The molecule has 0 aliphatic rings. The van der Waals surface area contributed by atoms with Gasteiger partial charge in [0, 0.05) is 6.04 Å². The van der Waals surface area contributed by atoms with Crippen molar-refractivity contribution in [1.82, 2.24) is 15.6 Å². The van der Waals surface area contributed by atoms with Crippen molar-refractivity contribution in [2.45, 2.75) is 19.9 Å². The van der Waals surface area contributed by atoms with Gasteiger partial charge in [-0.3, -0.25) is 10.1 Å². The number of imide groups is 1. The molecule has 0 aliphatic heterocycles. The Labute approximate surface area is 151 Å². The maximum atomic E-state index is 11.8. The predicted octanol–water partition coefficient (Wildman–Crippen LogP) is 3.09. The Balaban J connectivity index is 2.68. The van der Waals surface area contributed by atoms with Gasteiger partial charge in [0.25, 0.3) is 5.91 Å². The Morgan fingerprint density at radius 2 is 1.70 bits per heavy atom. The number of nitrogens with one attached hydrogen (secondary N) is 2. The number of carbonyl (C=O) groups excluding carboxylic acids is 3. The molecule has 1 aromatic heterocycles. The Morgan fingerprint density at radius 1 is 1.09 bits per heavy atom. The van der Waals surface area contributed by atoms with Gasteiger partial charge in [-0.15, -0.1) is 0 Å². The normalized spacial score (nSPS) is 10.4. The summed E-state index contributed by atoms with van der Waals surface area (Å²) in [6.45, 7) is 2.71. The van der Waals surface area contributed by atoms with Gasteiger partial charge in [0.15, 0.2) is 12.3 Å². The molecule has 1 rings (SSSR count). The summed E-state index contributed by atoms with van der Waals surface area (Å²) in [7, 11) is 0. The Morgan fingerprint density at radius 3 is 2.26 bits per heavy atom. The summed E-state index contributed by atoms with van der Waals surface area (Å²) in [6, 6.07) is -0.874. The van der Waals surface area contributed by atoms with Crippen LogP contribution >= 0.6 is 46.4 Å². The SMILES string of the molecule is CC(C)NC(=O)NC(=O)COC(=O)c1nc(Cl)c(Cl)c(Cl)c1Cl. The quantitative estimate of drug-likeness (QED) is 0.595. The molecule has 1 aromatic rings. The number of nitrogens with zero attached hydrogens (tertiary/aromatic N) is 1. The highest BCUT2D eigenvalue weighted by Gasteiger charge is 2.22. The molecule has 0 saturated heterocycles. The van der Waals surface area contributed by atoms with Gasteiger partial charge in [-0.1, -0.05) is 46.4 Å². The standard InChI is InChI=1S/C12H11Cl4N3O4/c1-4(2)17-12(22)18-5(20)3-23-11(21)9-7(14)6(13)8(15)10(16)19-9/h4H,3H2,1-2H3,(H2,17,18,20,22). The summed E-state index contributed by atoms with van der Waals surface area (Å²) >= 11 is 23.0. The largest absolute Gasteiger partial charge is 0.451 e. The smallest absolute Gasteiger partial charge is 0.359 e. The number of amides is 3. The maximum absolute atomic E-state index is 11.8. The monoisotopic (exact) mass is 401 g/mol. The molecule has 0 unspecified atom stereocenters. The zero-order chi connectivity index (χ0) is 17.7. The molecule has 0 atom stereocenters. The van der Waals surface area contributed by atoms with E-state index in [2.05, 4.69) is 15.0 Å². The maximum Gasteiger partial charge on any atom is 0.359 e. The van der Waals surface area contributed by atoms with Crippen molar-refractivity contribution < 1.29 is 19.1 Å². The Hall–Kier alpha value is -1.28. The molecular formula is C12H11Cl4N3O4. The molecule has 1 heterocycles. The lowest BCUT2D eigenvalue weighted by atomic mass is 10.3. The average Bonchev–Trinajstić information content (AvgIpc) is 2.45. The van der Waals surface area contributed by atoms with Crippen molar-refractivity contribution in [2.24, 2.45) is 0 Å². The topological polar surface area (TPSA) is 97.4 Å². The van der Waals surface area contributed by atoms with Crippen molar-refractivity contribution >= 4 is 64.3 Å². The molecule has 2 N–H and O–H groups in total. The van der Waals surface area contributed by atoms with Crippen LogP contribution in [0.15, 0.2) is 0 Å². The van der Waals surface area contributed by atoms with E-state index in [1.807, 2.05) is 5.32 Å². The highest BCUT2D eigenvalue weighted by Crippen LogP contribution is 2.36. The van der Waals surface area contributed by atoms with Crippen LogP contribution in [0, 0.1) is 0 Å². The number of halogens is 4. The number of hydrogen-bond donors (Lipinski definition) is 2. The molecule has 0 aromatic carbocycles. The lowest BCUT2D eigenvalue weighted by Gasteiger charge is -2.10. The van der Waals surface area contributed by atoms with Gasteiger partial charge < -0.3 is 10.1 Å². The van der Waals surface area contributed by atoms with E-state index in [0.29, 0.717) is 0 Å². The zero-order valence-electron chi connectivity index (χ0n) is 11.9. The molecule has 0 fully saturated rings. The molecule has 0 radical (unpaired) electrons. The summed E-state index contributed by atoms with van der Waals surface area (Å²) in [5, 5.41) is 3.62. The van der Waals surface area contributed by atoms with Crippen molar-refractivity contribution in [2.75, 3.05) is 6.61 Å². The fraction of sp³-hybridized carbons (Fsp3) is 0.333. The van der Waals surface area contributed by atoms with E-state index >= 15 is 0 Å². The molecule has 0 bridgehead atoms. The van der Waals surface area contributed by atoms with E-state index < -0.39 is 30.2 Å². The molecule has 11 heteroatoms. The number of hydrogen-bond acceptors (Lipinski definition) is 5. The number of urea groups is 1. The first-order valence-corrected chi connectivity index (χ1v) is 7.62. The second-order valence-electron chi connectivity index (χ2n) is 4.45. The number of carbonyl (C=O) groups is 3. The molecule has 0 saturated carbocycles. The second-order valence-corrected chi connectivity index (χ2v) is 5.94. The molecule has 3 amide bonds. The lowest BCUT2D eigenvalue weighted by Crippen LogP contribution is -2.44. The van der Waals surface area contributed by atoms with Crippen molar-refractivity contribution in [3.63, 3.8) is 0 Å². The molecule has 23 heavy (non-hydrogen) atoms. The number of esters is 1. The van der Waals surface area contributed by atoms with Crippen LogP contribution in [0.4, 0.5) is 4.79 Å².